The third-order valence-corrected chi connectivity index (χ3v) is 5.35. The highest BCUT2D eigenvalue weighted by molar-refractivity contribution is 8.12. The van der Waals surface area contributed by atoms with Crippen molar-refractivity contribution in [3.63, 3.8) is 0 Å². The van der Waals surface area contributed by atoms with Gasteiger partial charge in [0.2, 0.25) is 0 Å². The SMILES string of the molecule is C/C(O)=C(/C(=O)OC(C)(C)C)N1C(=O)[C@@H](N2C(=O)c3ccccc3C2=O)[C@H]1SC=O. The van der Waals surface area contributed by atoms with E-state index in [1.807, 2.05) is 0 Å². The van der Waals surface area contributed by atoms with Crippen LogP contribution < -0.4 is 0 Å². The van der Waals surface area contributed by atoms with E-state index in [4.69, 9.17) is 4.74 Å². The minimum absolute atomic E-state index is 0.157. The molecule has 9 nitrogen and oxygen atoms in total. The van der Waals surface area contributed by atoms with Gasteiger partial charge < -0.3 is 9.84 Å². The summed E-state index contributed by atoms with van der Waals surface area (Å²) in [4.78, 5) is 64.0. The Morgan fingerprint density at radius 1 is 1.13 bits per heavy atom. The van der Waals surface area contributed by atoms with Gasteiger partial charge in [-0.05, 0) is 39.8 Å². The van der Waals surface area contributed by atoms with Gasteiger partial charge in [-0.25, -0.2) is 4.79 Å². The van der Waals surface area contributed by atoms with Crippen LogP contribution in [0.15, 0.2) is 35.7 Å². The van der Waals surface area contributed by atoms with Crippen molar-refractivity contribution in [2.75, 3.05) is 0 Å². The maximum absolute atomic E-state index is 13.0. The molecule has 2 heterocycles. The average molecular weight is 432 g/mol. The van der Waals surface area contributed by atoms with Crippen LogP contribution in [0.4, 0.5) is 0 Å². The van der Waals surface area contributed by atoms with Crippen molar-refractivity contribution in [1.29, 1.82) is 0 Å². The van der Waals surface area contributed by atoms with Crippen molar-refractivity contribution in [2.45, 2.75) is 44.7 Å². The quantitative estimate of drug-likeness (QED) is 0.187. The second-order valence-corrected chi connectivity index (χ2v) is 8.69. The van der Waals surface area contributed by atoms with E-state index >= 15 is 0 Å². The molecule has 3 rings (SSSR count). The van der Waals surface area contributed by atoms with Crippen LogP contribution in [0.25, 0.3) is 0 Å². The maximum atomic E-state index is 13.0. The summed E-state index contributed by atoms with van der Waals surface area (Å²) in [5.74, 6) is -3.55. The second-order valence-electron chi connectivity index (χ2n) is 7.74. The molecular weight excluding hydrogens is 412 g/mol. The lowest BCUT2D eigenvalue weighted by Crippen LogP contribution is -2.70. The number of fused-ring (bicyclic) bond motifs is 1. The molecule has 1 aromatic rings. The molecule has 1 fully saturated rings. The van der Waals surface area contributed by atoms with E-state index < -0.39 is 52.2 Å². The maximum Gasteiger partial charge on any atom is 0.359 e. The zero-order valence-electron chi connectivity index (χ0n) is 16.7. The fourth-order valence-corrected chi connectivity index (χ4v) is 4.16. The van der Waals surface area contributed by atoms with E-state index in [0.717, 1.165) is 9.80 Å². The number of esters is 1. The summed E-state index contributed by atoms with van der Waals surface area (Å²) in [6.45, 7) is 6.05. The van der Waals surface area contributed by atoms with Crippen LogP contribution in [0.3, 0.4) is 0 Å². The largest absolute Gasteiger partial charge is 0.510 e. The Hall–Kier alpha value is -3.14. The van der Waals surface area contributed by atoms with Crippen LogP contribution >= 0.6 is 11.8 Å². The number of aliphatic hydroxyl groups excluding tert-OH is 1. The fraction of sp³-hybridized carbons (Fsp3) is 0.350. The van der Waals surface area contributed by atoms with Gasteiger partial charge in [-0.3, -0.25) is 29.0 Å². The Bertz CT molecular complexity index is 956. The number of thioether (sulfide) groups is 1. The Kier molecular flexibility index (Phi) is 5.46. The number of allylic oxidation sites excluding steroid dienone is 1. The molecule has 30 heavy (non-hydrogen) atoms. The number of carbonyl (C=O) groups is 5. The molecule has 3 amide bonds. The number of imide groups is 1. The van der Waals surface area contributed by atoms with Gasteiger partial charge in [0.1, 0.15) is 22.8 Å². The van der Waals surface area contributed by atoms with E-state index in [2.05, 4.69) is 0 Å². The monoisotopic (exact) mass is 432 g/mol. The van der Waals surface area contributed by atoms with Gasteiger partial charge in [0.25, 0.3) is 17.7 Å². The number of hydrogen-bond donors (Lipinski definition) is 1. The van der Waals surface area contributed by atoms with Crippen LogP contribution in [-0.4, -0.2) is 61.2 Å². The highest BCUT2D eigenvalue weighted by Crippen LogP contribution is 2.40. The number of hydrogen-bond acceptors (Lipinski definition) is 8. The standard InChI is InChI=1S/C20H20N2O7S/c1-10(24)13(19(28)29-20(2,3)4)22-17(27)14(18(22)30-9-23)21-15(25)11-7-5-6-8-12(11)16(21)26/h5-9,14,18,24H,1-4H3/b13-10+/t14-,18-/m1/s1. The fourth-order valence-electron chi connectivity index (χ4n) is 3.32. The van der Waals surface area contributed by atoms with E-state index in [1.165, 1.54) is 19.1 Å². The molecule has 0 unspecified atom stereocenters. The zero-order valence-corrected chi connectivity index (χ0v) is 17.6. The van der Waals surface area contributed by atoms with Gasteiger partial charge in [0, 0.05) is 0 Å². The molecule has 0 aliphatic carbocycles. The first-order valence-corrected chi connectivity index (χ1v) is 9.96. The first-order valence-electron chi connectivity index (χ1n) is 9.02. The third-order valence-electron chi connectivity index (χ3n) is 4.49. The number of aliphatic hydroxyl groups is 1. The highest BCUT2D eigenvalue weighted by Gasteiger charge is 2.59. The molecule has 10 heteroatoms. The normalized spacial score (nSPS) is 21.8. The van der Waals surface area contributed by atoms with E-state index in [1.54, 1.807) is 32.9 Å². The van der Waals surface area contributed by atoms with Crippen LogP contribution in [0, 0.1) is 0 Å². The number of carbonyl (C=O) groups excluding carboxylic acids is 5. The van der Waals surface area contributed by atoms with Gasteiger partial charge in [-0.1, -0.05) is 23.9 Å². The predicted octanol–water partition coefficient (Wildman–Crippen LogP) is 1.87. The van der Waals surface area contributed by atoms with E-state index in [0.29, 0.717) is 17.4 Å². The molecule has 158 valence electrons. The number of rotatable bonds is 5. The smallest absolute Gasteiger partial charge is 0.359 e. The molecule has 0 aromatic heterocycles. The molecule has 1 aromatic carbocycles. The molecule has 2 aliphatic heterocycles. The summed E-state index contributed by atoms with van der Waals surface area (Å²) in [6.07, 6.45) is 0. The summed E-state index contributed by atoms with van der Waals surface area (Å²) >= 11 is 0.614. The first-order chi connectivity index (χ1) is 14.0. The Morgan fingerprint density at radius 2 is 1.67 bits per heavy atom. The molecular formula is C20H20N2O7S. The van der Waals surface area contributed by atoms with Crippen molar-refractivity contribution < 1.29 is 33.8 Å². The molecule has 2 atom stereocenters. The lowest BCUT2D eigenvalue weighted by atomic mass is 10.0. The minimum Gasteiger partial charge on any atom is -0.510 e. The lowest BCUT2D eigenvalue weighted by molar-refractivity contribution is -0.160. The Balaban J connectivity index is 1.96. The number of amides is 3. The topological polar surface area (TPSA) is 121 Å². The summed E-state index contributed by atoms with van der Waals surface area (Å²) in [6, 6.07) is 4.84. The number of benzene rings is 1. The third kappa shape index (κ3) is 3.47. The first kappa shape index (κ1) is 21.6. The number of ether oxygens (including phenoxy) is 1. The molecule has 1 N–H and O–H groups in total. The van der Waals surface area contributed by atoms with Gasteiger partial charge in [-0.2, -0.15) is 0 Å². The van der Waals surface area contributed by atoms with Crippen molar-refractivity contribution >= 4 is 41.1 Å². The van der Waals surface area contributed by atoms with Crippen molar-refractivity contribution in [3.8, 4) is 0 Å². The summed E-state index contributed by atoms with van der Waals surface area (Å²) in [5.41, 5.74) is -0.591. The lowest BCUT2D eigenvalue weighted by Gasteiger charge is -2.48. The average Bonchev–Trinajstić information content (AvgIpc) is 2.89. The van der Waals surface area contributed by atoms with Gasteiger partial charge in [0.15, 0.2) is 11.3 Å². The van der Waals surface area contributed by atoms with Crippen LogP contribution in [0.2, 0.25) is 0 Å². The van der Waals surface area contributed by atoms with Crippen molar-refractivity contribution in [1.82, 2.24) is 9.80 Å². The zero-order chi connectivity index (χ0) is 22.4. The number of nitrogens with zero attached hydrogens (tertiary/aromatic N) is 2. The summed E-state index contributed by atoms with van der Waals surface area (Å²) in [5, 5.41) is 8.97. The molecule has 0 radical (unpaired) electrons. The Labute approximate surface area is 176 Å². The van der Waals surface area contributed by atoms with Crippen LogP contribution in [-0.2, 0) is 19.1 Å². The van der Waals surface area contributed by atoms with Crippen molar-refractivity contribution in [2.24, 2.45) is 0 Å². The molecule has 0 bridgehead atoms. The van der Waals surface area contributed by atoms with E-state index in [9.17, 15) is 29.1 Å². The van der Waals surface area contributed by atoms with Gasteiger partial charge in [0.05, 0.1) is 11.1 Å². The van der Waals surface area contributed by atoms with Crippen LogP contribution in [0.1, 0.15) is 48.4 Å². The Morgan fingerprint density at radius 3 is 2.10 bits per heavy atom. The highest BCUT2D eigenvalue weighted by atomic mass is 32.2. The summed E-state index contributed by atoms with van der Waals surface area (Å²) in [7, 11) is 0. The van der Waals surface area contributed by atoms with Crippen LogP contribution in [0.5, 0.6) is 0 Å². The molecule has 0 saturated carbocycles. The van der Waals surface area contributed by atoms with Gasteiger partial charge in [-0.15, -0.1) is 0 Å². The molecule has 2 aliphatic rings. The molecule has 0 spiro atoms. The second kappa shape index (κ2) is 7.60. The van der Waals surface area contributed by atoms with Gasteiger partial charge >= 0.3 is 5.97 Å². The van der Waals surface area contributed by atoms with E-state index in [-0.39, 0.29) is 11.1 Å². The van der Waals surface area contributed by atoms with Crippen molar-refractivity contribution in [3.05, 3.63) is 46.8 Å². The summed E-state index contributed by atoms with van der Waals surface area (Å²) < 4.78 is 5.25. The number of likely N-dealkylation sites (tertiary alicyclic amines) is 1. The number of β-lactam (4-membered cyclic amide) rings is 1. The predicted molar refractivity (Wildman–Crippen MR) is 107 cm³/mol. The minimum atomic E-state index is -1.30. The molecule has 1 saturated heterocycles.